The summed E-state index contributed by atoms with van der Waals surface area (Å²) < 4.78 is 27.0. The number of hydrogen-bond acceptors (Lipinski definition) is 12. The Morgan fingerprint density at radius 3 is 2.68 bits per heavy atom. The van der Waals surface area contributed by atoms with Crippen LogP contribution < -0.4 is 10.7 Å². The van der Waals surface area contributed by atoms with Crippen LogP contribution >= 0.6 is 11.3 Å². The molecule has 1 aliphatic carbocycles. The van der Waals surface area contributed by atoms with E-state index in [1.807, 2.05) is 12.3 Å². The van der Waals surface area contributed by atoms with Gasteiger partial charge in [0.05, 0.1) is 43.0 Å². The van der Waals surface area contributed by atoms with Crippen LogP contribution in [-0.2, 0) is 46.3 Å². The van der Waals surface area contributed by atoms with Crippen molar-refractivity contribution in [2.24, 2.45) is 23.2 Å². The van der Waals surface area contributed by atoms with E-state index in [1.165, 1.54) is 21.9 Å². The summed E-state index contributed by atoms with van der Waals surface area (Å²) in [5.74, 6) is -0.377. The fourth-order valence-corrected chi connectivity index (χ4v) is 11.8. The van der Waals surface area contributed by atoms with E-state index in [0.29, 0.717) is 55.9 Å². The summed E-state index contributed by atoms with van der Waals surface area (Å²) in [6, 6.07) is 7.50. The average Bonchev–Trinajstić information content (AvgIpc) is 3.58. The predicted octanol–water partition coefficient (Wildman–Crippen LogP) is 7.22. The number of carbonyl (C=O) groups is 3. The van der Waals surface area contributed by atoms with Gasteiger partial charge in [-0.25, -0.2) is 10.4 Å². The first-order chi connectivity index (χ1) is 31.3. The lowest BCUT2D eigenvalue weighted by Gasteiger charge is -2.42. The second kappa shape index (κ2) is 18.8. The van der Waals surface area contributed by atoms with Crippen molar-refractivity contribution in [3.05, 3.63) is 57.7 Å². The Labute approximate surface area is 387 Å². The molecule has 4 aliphatic heterocycles. The van der Waals surface area contributed by atoms with E-state index in [1.54, 1.807) is 7.11 Å². The summed E-state index contributed by atoms with van der Waals surface area (Å²) in [7, 11) is 1.74. The van der Waals surface area contributed by atoms with Crippen molar-refractivity contribution >= 4 is 40.0 Å². The van der Waals surface area contributed by atoms with Crippen LogP contribution in [0.4, 0.5) is 0 Å². The zero-order valence-electron chi connectivity index (χ0n) is 39.4. The number of benzene rings is 1. The molecular weight excluding hydrogens is 843 g/mol. The monoisotopic (exact) mass is 909 g/mol. The maximum atomic E-state index is 14.6. The summed E-state index contributed by atoms with van der Waals surface area (Å²) in [6.07, 6.45) is 4.73. The fraction of sp³-hybridized carbons (Fsp3) is 0.620. The van der Waals surface area contributed by atoms with Crippen molar-refractivity contribution < 1.29 is 33.3 Å². The van der Waals surface area contributed by atoms with Crippen LogP contribution in [-0.4, -0.2) is 114 Å². The molecule has 350 valence electrons. The Kier molecular flexibility index (Phi) is 13.3. The normalized spacial score (nSPS) is 28.9. The number of hydrogen-bond donors (Lipinski definition) is 2. The van der Waals surface area contributed by atoms with Crippen molar-refractivity contribution in [2.45, 2.75) is 123 Å². The number of rotatable bonds is 9. The molecule has 0 unspecified atom stereocenters. The number of methoxy groups -OCH3 is 1. The van der Waals surface area contributed by atoms with Gasteiger partial charge >= 0.3 is 5.97 Å². The fourth-order valence-electron chi connectivity index (χ4n) is 10.9. The second-order valence-electron chi connectivity index (χ2n) is 19.8. The van der Waals surface area contributed by atoms with E-state index in [2.05, 4.69) is 92.2 Å². The van der Waals surface area contributed by atoms with Crippen molar-refractivity contribution in [1.82, 2.24) is 35.2 Å². The van der Waals surface area contributed by atoms with E-state index < -0.39 is 29.6 Å². The SMILES string of the molecule is CCO[C@@H]1c2nc(cs2)-c2ccc3c(c2)c(c(-c2cc([C@@H]4CCN5CCOC[C@H]5C4)cnc2[C@H](C)OC)n3CC)CC(C)(C)COC(=O)[C@@H]2CCCN(N2)C(=O)[C@H]1NC(=O)[C@H]1[C@H](C)[C@@H]1C. The van der Waals surface area contributed by atoms with Gasteiger partial charge in [0, 0.05) is 84.3 Å². The highest BCUT2D eigenvalue weighted by molar-refractivity contribution is 7.10. The van der Waals surface area contributed by atoms with Crippen LogP contribution in [0.3, 0.4) is 0 Å². The Bertz CT molecular complexity index is 2410. The minimum atomic E-state index is -1.08. The van der Waals surface area contributed by atoms with Crippen molar-refractivity contribution in [3.8, 4) is 22.5 Å². The molecule has 14 nitrogen and oxygen atoms in total. The van der Waals surface area contributed by atoms with Crippen molar-refractivity contribution in [3.63, 3.8) is 0 Å². The topological polar surface area (TPSA) is 149 Å². The number of thiazole rings is 1. The highest BCUT2D eigenvalue weighted by atomic mass is 32.1. The lowest BCUT2D eigenvalue weighted by atomic mass is 9.82. The van der Waals surface area contributed by atoms with Gasteiger partial charge in [0.2, 0.25) is 5.91 Å². The molecule has 1 aromatic carbocycles. The first-order valence-electron chi connectivity index (χ1n) is 23.9. The number of nitrogens with one attached hydrogen (secondary N) is 2. The largest absolute Gasteiger partial charge is 0.464 e. The Morgan fingerprint density at radius 2 is 1.92 bits per heavy atom. The number of nitrogens with zero attached hydrogens (tertiary/aromatic N) is 5. The number of morpholine rings is 1. The number of aromatic nitrogens is 3. The Balaban J connectivity index is 1.18. The molecule has 0 spiro atoms. The molecule has 2 N–H and O–H groups in total. The van der Waals surface area contributed by atoms with Gasteiger partial charge in [0.15, 0.2) is 0 Å². The van der Waals surface area contributed by atoms with Gasteiger partial charge in [-0.1, -0.05) is 33.8 Å². The molecular formula is C50H67N7O7S. The van der Waals surface area contributed by atoms with E-state index in [-0.39, 0.29) is 42.3 Å². The van der Waals surface area contributed by atoms with Crippen molar-refractivity contribution in [2.75, 3.05) is 53.2 Å². The maximum Gasteiger partial charge on any atom is 0.324 e. The van der Waals surface area contributed by atoms with Gasteiger partial charge in [-0.15, -0.1) is 11.3 Å². The quantitative estimate of drug-likeness (QED) is 0.164. The zero-order chi connectivity index (χ0) is 45.7. The van der Waals surface area contributed by atoms with Gasteiger partial charge in [0.25, 0.3) is 5.91 Å². The van der Waals surface area contributed by atoms with Crippen LogP contribution in [0, 0.1) is 23.2 Å². The van der Waals surface area contributed by atoms with Crippen LogP contribution in [0.1, 0.15) is 114 Å². The lowest BCUT2D eigenvalue weighted by Crippen LogP contribution is -2.61. The van der Waals surface area contributed by atoms with E-state index >= 15 is 0 Å². The molecule has 0 radical (unpaired) electrons. The summed E-state index contributed by atoms with van der Waals surface area (Å²) in [5.41, 5.74) is 10.9. The molecule has 7 heterocycles. The maximum absolute atomic E-state index is 14.6. The third-order valence-electron chi connectivity index (χ3n) is 15.0. The van der Waals surface area contributed by atoms with Gasteiger partial charge in [-0.3, -0.25) is 29.3 Å². The molecule has 3 aromatic heterocycles. The molecule has 4 aromatic rings. The molecule has 6 bridgehead atoms. The molecule has 65 heavy (non-hydrogen) atoms. The lowest BCUT2D eigenvalue weighted by molar-refractivity contribution is -0.156. The first-order valence-corrected chi connectivity index (χ1v) is 24.8. The number of ether oxygens (including phenoxy) is 4. The molecule has 5 aliphatic rings. The molecule has 2 amide bonds. The molecule has 1 saturated carbocycles. The van der Waals surface area contributed by atoms with Crippen LogP contribution in [0.15, 0.2) is 35.8 Å². The summed E-state index contributed by atoms with van der Waals surface area (Å²) in [5, 5.41) is 8.27. The number of carbonyl (C=O) groups excluding carboxylic acids is 3. The van der Waals surface area contributed by atoms with Gasteiger partial charge in [-0.05, 0) is 106 Å². The molecule has 9 rings (SSSR count). The minimum absolute atomic E-state index is 0.163. The van der Waals surface area contributed by atoms with E-state index in [0.717, 1.165) is 83.8 Å². The third kappa shape index (κ3) is 9.01. The predicted molar refractivity (Wildman–Crippen MR) is 250 cm³/mol. The highest BCUT2D eigenvalue weighted by Gasteiger charge is 2.50. The van der Waals surface area contributed by atoms with Gasteiger partial charge < -0.3 is 28.8 Å². The van der Waals surface area contributed by atoms with Crippen LogP contribution in [0.25, 0.3) is 33.4 Å². The van der Waals surface area contributed by atoms with Crippen LogP contribution in [0.5, 0.6) is 0 Å². The van der Waals surface area contributed by atoms with Crippen molar-refractivity contribution in [1.29, 1.82) is 0 Å². The van der Waals surface area contributed by atoms with E-state index in [9.17, 15) is 14.4 Å². The molecule has 3 saturated heterocycles. The number of fused-ring (bicyclic) bond motifs is 7. The summed E-state index contributed by atoms with van der Waals surface area (Å²) in [4.78, 5) is 55.5. The van der Waals surface area contributed by atoms with Gasteiger partial charge in [0.1, 0.15) is 23.2 Å². The first kappa shape index (κ1) is 45.9. The van der Waals surface area contributed by atoms with E-state index in [4.69, 9.17) is 28.9 Å². The number of esters is 1. The summed E-state index contributed by atoms with van der Waals surface area (Å²) >= 11 is 1.42. The minimum Gasteiger partial charge on any atom is -0.464 e. The Hall–Kier alpha value is -4.25. The van der Waals surface area contributed by atoms with Crippen LogP contribution in [0.2, 0.25) is 0 Å². The molecule has 15 heteroatoms. The number of piperidine rings is 1. The molecule has 4 fully saturated rings. The Morgan fingerprint density at radius 1 is 1.11 bits per heavy atom. The number of hydrazine groups is 1. The third-order valence-corrected chi connectivity index (χ3v) is 15.9. The van der Waals surface area contributed by atoms with Gasteiger partial charge in [-0.2, -0.15) is 0 Å². The highest BCUT2D eigenvalue weighted by Crippen LogP contribution is 2.47. The zero-order valence-corrected chi connectivity index (χ0v) is 40.2. The average molecular weight is 910 g/mol. The number of amides is 2. The number of cyclic esters (lactones) is 1. The standard InChI is InChI=1S/C50H67N7O7S/c1-9-56-40-14-13-32-21-35(40)37(44(56)36-22-33(24-51-42(36)30(5)61-8)31-15-17-55-18-19-62-25-34(55)20-31)23-50(6,7)27-64-49(60)38-12-11-16-57(54-38)48(59)43(53-46(58)41-28(3)29(41)4)45(63-10-2)47-52-39(32)26-65-47/h13-14,21-22,24,26,28-31,34,38,41,43,45,54H,9-12,15-20,23,25,27H2,1-8H3,(H,53,58)/t28-,29+,30-,31+,34+,38-,41+,43-,45-/m0/s1. The summed E-state index contributed by atoms with van der Waals surface area (Å²) in [6.45, 7) is 19.7. The smallest absolute Gasteiger partial charge is 0.324 e. The second-order valence-corrected chi connectivity index (χ2v) is 20.7. The number of pyridine rings is 1. The number of aryl methyl sites for hydroxylation is 1. The molecule has 9 atom stereocenters.